The number of allylic oxidation sites excluding steroid dienone is 1. The van der Waals surface area contributed by atoms with Gasteiger partial charge in [0.05, 0.1) is 0 Å². The van der Waals surface area contributed by atoms with Crippen molar-refractivity contribution in [2.24, 2.45) is 0 Å². The van der Waals surface area contributed by atoms with Gasteiger partial charge in [-0.2, -0.15) is 0 Å². The number of ketones is 1. The van der Waals surface area contributed by atoms with Crippen LogP contribution < -0.4 is 4.74 Å². The fourth-order valence-electron chi connectivity index (χ4n) is 2.19. The number of hydrogen-bond acceptors (Lipinski definition) is 2. The highest BCUT2D eigenvalue weighted by atomic mass is 16.5. The van der Waals surface area contributed by atoms with Crippen LogP contribution in [-0.2, 0) is 0 Å². The number of carbonyl (C=O) groups is 1. The number of hydrogen-bond donors (Lipinski definition) is 0. The topological polar surface area (TPSA) is 26.3 Å². The van der Waals surface area contributed by atoms with Gasteiger partial charge >= 0.3 is 0 Å². The second kappa shape index (κ2) is 7.23. The predicted octanol–water partition coefficient (Wildman–Crippen LogP) is 4.99. The van der Waals surface area contributed by atoms with Gasteiger partial charge in [-0.05, 0) is 23.8 Å². The molecule has 0 saturated carbocycles. The van der Waals surface area contributed by atoms with E-state index in [0.29, 0.717) is 17.1 Å². The highest BCUT2D eigenvalue weighted by Gasteiger charge is 2.14. The van der Waals surface area contributed by atoms with Crippen LogP contribution in [-0.4, -0.2) is 5.78 Å². The summed E-state index contributed by atoms with van der Waals surface area (Å²) < 4.78 is 5.85. The summed E-state index contributed by atoms with van der Waals surface area (Å²) in [6.45, 7) is 0. The van der Waals surface area contributed by atoms with Crippen molar-refractivity contribution in [3.05, 3.63) is 108 Å². The number of carbonyl (C=O) groups excluding carboxylic acids is 1. The molecule has 3 rings (SSSR count). The van der Waals surface area contributed by atoms with E-state index in [1.54, 1.807) is 18.2 Å². The summed E-state index contributed by atoms with van der Waals surface area (Å²) in [4.78, 5) is 12.8. The van der Waals surface area contributed by atoms with Crippen molar-refractivity contribution in [3.8, 4) is 5.75 Å². The number of ether oxygens (including phenoxy) is 1. The Morgan fingerprint density at radius 3 is 1.83 bits per heavy atom. The molecule has 0 fully saturated rings. The van der Waals surface area contributed by atoms with Gasteiger partial charge in [-0.15, -0.1) is 0 Å². The molecule has 0 amide bonds. The first kappa shape index (κ1) is 14.8. The van der Waals surface area contributed by atoms with Crippen LogP contribution in [0.5, 0.6) is 5.75 Å². The van der Waals surface area contributed by atoms with E-state index in [1.165, 1.54) is 0 Å². The molecule has 0 aliphatic heterocycles. The zero-order valence-corrected chi connectivity index (χ0v) is 12.6. The van der Waals surface area contributed by atoms with Gasteiger partial charge in [-0.1, -0.05) is 78.9 Å². The van der Waals surface area contributed by atoms with Crippen molar-refractivity contribution in [1.82, 2.24) is 0 Å². The second-order valence-electron chi connectivity index (χ2n) is 5.03. The summed E-state index contributed by atoms with van der Waals surface area (Å²) in [7, 11) is 0. The Balaban J connectivity index is 1.96. The Labute approximate surface area is 135 Å². The maximum atomic E-state index is 12.8. The molecule has 0 aromatic heterocycles. The number of para-hydroxylation sites is 1. The van der Waals surface area contributed by atoms with Gasteiger partial charge in [0.15, 0.2) is 5.76 Å². The summed E-state index contributed by atoms with van der Waals surface area (Å²) in [6.07, 6.45) is 1.77. The van der Waals surface area contributed by atoms with Crippen molar-refractivity contribution in [1.29, 1.82) is 0 Å². The third-order valence-corrected chi connectivity index (χ3v) is 3.33. The maximum absolute atomic E-state index is 12.8. The summed E-state index contributed by atoms with van der Waals surface area (Å²) in [5.41, 5.74) is 1.52. The van der Waals surface area contributed by atoms with Crippen LogP contribution in [0.4, 0.5) is 0 Å². The van der Waals surface area contributed by atoms with Crippen molar-refractivity contribution >= 4 is 11.9 Å². The van der Waals surface area contributed by atoms with E-state index in [0.717, 1.165) is 5.56 Å². The fourth-order valence-corrected chi connectivity index (χ4v) is 2.19. The number of Topliss-reactive ketones (excluding diaryl/α,β-unsaturated/α-hetero) is 1. The van der Waals surface area contributed by atoms with E-state index in [1.807, 2.05) is 78.9 Å². The monoisotopic (exact) mass is 300 g/mol. The van der Waals surface area contributed by atoms with Gasteiger partial charge in [-0.25, -0.2) is 0 Å². The van der Waals surface area contributed by atoms with Gasteiger partial charge < -0.3 is 4.74 Å². The molecule has 0 aliphatic carbocycles. The second-order valence-corrected chi connectivity index (χ2v) is 5.03. The molecule has 3 aromatic rings. The Morgan fingerprint density at radius 1 is 0.696 bits per heavy atom. The summed E-state index contributed by atoms with van der Waals surface area (Å²) in [6, 6.07) is 28.1. The van der Waals surface area contributed by atoms with Crippen molar-refractivity contribution in [2.45, 2.75) is 0 Å². The molecule has 2 heteroatoms. The molecule has 0 unspecified atom stereocenters. The van der Waals surface area contributed by atoms with Crippen LogP contribution in [0.1, 0.15) is 15.9 Å². The molecular weight excluding hydrogens is 284 g/mol. The largest absolute Gasteiger partial charge is 0.453 e. The van der Waals surface area contributed by atoms with E-state index in [2.05, 4.69) is 0 Å². The first-order chi connectivity index (χ1) is 11.3. The Hall–Kier alpha value is -3.13. The molecule has 0 saturated heterocycles. The van der Waals surface area contributed by atoms with Crippen LogP contribution in [0.2, 0.25) is 0 Å². The zero-order valence-electron chi connectivity index (χ0n) is 12.6. The maximum Gasteiger partial charge on any atom is 0.228 e. The Bertz CT molecular complexity index is 791. The normalized spacial score (nSPS) is 11.0. The smallest absolute Gasteiger partial charge is 0.228 e. The molecule has 0 spiro atoms. The average molecular weight is 300 g/mol. The average Bonchev–Trinajstić information content (AvgIpc) is 2.63. The van der Waals surface area contributed by atoms with Crippen LogP contribution in [0, 0.1) is 0 Å². The molecular formula is C21H16O2. The molecule has 0 N–H and O–H groups in total. The molecule has 0 heterocycles. The molecule has 3 aromatic carbocycles. The molecule has 112 valence electrons. The Morgan fingerprint density at radius 2 is 1.22 bits per heavy atom. The van der Waals surface area contributed by atoms with E-state index in [4.69, 9.17) is 4.74 Å². The lowest BCUT2D eigenvalue weighted by Crippen LogP contribution is -2.09. The highest BCUT2D eigenvalue weighted by molar-refractivity contribution is 6.10. The molecule has 2 nitrogen and oxygen atoms in total. The molecule has 23 heavy (non-hydrogen) atoms. The minimum absolute atomic E-state index is 0.140. The lowest BCUT2D eigenvalue weighted by Gasteiger charge is -2.10. The number of rotatable bonds is 5. The van der Waals surface area contributed by atoms with Crippen molar-refractivity contribution in [3.63, 3.8) is 0 Å². The first-order valence-corrected chi connectivity index (χ1v) is 7.42. The van der Waals surface area contributed by atoms with Gasteiger partial charge in [0, 0.05) is 5.56 Å². The van der Waals surface area contributed by atoms with Gasteiger partial charge in [-0.3, -0.25) is 4.79 Å². The summed E-state index contributed by atoms with van der Waals surface area (Å²) in [5, 5.41) is 0. The Kier molecular flexibility index (Phi) is 4.65. The third-order valence-electron chi connectivity index (χ3n) is 3.33. The van der Waals surface area contributed by atoms with Gasteiger partial charge in [0.25, 0.3) is 0 Å². The SMILES string of the molecule is O=C(/C(=C/c1ccccc1)Oc1ccccc1)c1ccccc1. The first-order valence-electron chi connectivity index (χ1n) is 7.42. The van der Waals surface area contributed by atoms with E-state index in [-0.39, 0.29) is 5.78 Å². The van der Waals surface area contributed by atoms with Gasteiger partial charge in [0.1, 0.15) is 5.75 Å². The summed E-state index contributed by atoms with van der Waals surface area (Å²) >= 11 is 0. The minimum Gasteiger partial charge on any atom is -0.453 e. The van der Waals surface area contributed by atoms with Crippen LogP contribution >= 0.6 is 0 Å². The lowest BCUT2D eigenvalue weighted by atomic mass is 10.1. The van der Waals surface area contributed by atoms with E-state index >= 15 is 0 Å². The molecule has 0 bridgehead atoms. The third kappa shape index (κ3) is 3.95. The van der Waals surface area contributed by atoms with Crippen LogP contribution in [0.3, 0.4) is 0 Å². The summed E-state index contributed by atoms with van der Waals surface area (Å²) in [5.74, 6) is 0.797. The predicted molar refractivity (Wildman–Crippen MR) is 92.3 cm³/mol. The van der Waals surface area contributed by atoms with Crippen molar-refractivity contribution in [2.75, 3.05) is 0 Å². The van der Waals surface area contributed by atoms with Crippen LogP contribution in [0.25, 0.3) is 6.08 Å². The lowest BCUT2D eigenvalue weighted by molar-refractivity contribution is 0.0988. The van der Waals surface area contributed by atoms with E-state index < -0.39 is 0 Å². The molecule has 0 aliphatic rings. The molecule has 0 atom stereocenters. The van der Waals surface area contributed by atoms with Gasteiger partial charge in [0.2, 0.25) is 5.78 Å². The minimum atomic E-state index is -0.140. The number of benzene rings is 3. The molecule has 0 radical (unpaired) electrons. The highest BCUT2D eigenvalue weighted by Crippen LogP contribution is 2.19. The zero-order chi connectivity index (χ0) is 15.9. The quantitative estimate of drug-likeness (QED) is 0.377. The fraction of sp³-hybridized carbons (Fsp3) is 0. The standard InChI is InChI=1S/C21H16O2/c22-21(18-12-6-2-7-13-18)20(16-17-10-4-1-5-11-17)23-19-14-8-3-9-15-19/h1-16H/b20-16-. The van der Waals surface area contributed by atoms with E-state index in [9.17, 15) is 4.79 Å². The van der Waals surface area contributed by atoms with Crippen LogP contribution in [0.15, 0.2) is 96.8 Å². The van der Waals surface area contributed by atoms with Crippen molar-refractivity contribution < 1.29 is 9.53 Å².